The maximum atomic E-state index is 11.5. The summed E-state index contributed by atoms with van der Waals surface area (Å²) in [7, 11) is -0.00554. The highest BCUT2D eigenvalue weighted by Gasteiger charge is 2.12. The van der Waals surface area contributed by atoms with E-state index in [1.807, 2.05) is 23.6 Å². The van der Waals surface area contributed by atoms with Crippen molar-refractivity contribution < 1.29 is 17.9 Å². The van der Waals surface area contributed by atoms with Gasteiger partial charge >= 0.3 is 0 Å². The van der Waals surface area contributed by atoms with E-state index in [4.69, 9.17) is 9.47 Å². The number of ether oxygens (including phenoxy) is 2. The third kappa shape index (κ3) is 3.67. The molecule has 0 N–H and O–H groups in total. The maximum absolute atomic E-state index is 11.5. The Bertz CT molecular complexity index is 992. The molecule has 1 heterocycles. The highest BCUT2D eigenvalue weighted by atomic mass is 32.2. The van der Waals surface area contributed by atoms with E-state index in [1.165, 1.54) is 17.6 Å². The Morgan fingerprint density at radius 2 is 1.56 bits per heavy atom. The zero-order chi connectivity index (χ0) is 18.0. The van der Waals surface area contributed by atoms with Crippen LogP contribution in [0.1, 0.15) is 0 Å². The Morgan fingerprint density at radius 1 is 0.920 bits per heavy atom. The van der Waals surface area contributed by atoms with Gasteiger partial charge in [0.2, 0.25) is 0 Å². The number of hydrogen-bond donors (Lipinski definition) is 0. The summed E-state index contributed by atoms with van der Waals surface area (Å²) in [6, 6.07) is 12.4. The van der Waals surface area contributed by atoms with Crippen LogP contribution in [0.3, 0.4) is 0 Å². The predicted molar refractivity (Wildman–Crippen MR) is 99.2 cm³/mol. The zero-order valence-corrected chi connectivity index (χ0v) is 15.6. The van der Waals surface area contributed by atoms with E-state index in [1.54, 1.807) is 38.5 Å². The summed E-state index contributed by atoms with van der Waals surface area (Å²) in [6.45, 7) is 0. The van der Waals surface area contributed by atoms with Crippen molar-refractivity contribution in [1.29, 1.82) is 0 Å². The zero-order valence-electron chi connectivity index (χ0n) is 14.0. The van der Waals surface area contributed by atoms with Crippen LogP contribution in [0.15, 0.2) is 52.7 Å². The topological polar surface area (TPSA) is 65.5 Å². The average molecular weight is 375 g/mol. The van der Waals surface area contributed by atoms with Crippen molar-refractivity contribution in [2.75, 3.05) is 20.5 Å². The highest BCUT2D eigenvalue weighted by Crippen LogP contribution is 2.35. The van der Waals surface area contributed by atoms with E-state index in [9.17, 15) is 8.42 Å². The lowest BCUT2D eigenvalue weighted by atomic mass is 10.2. The van der Waals surface area contributed by atoms with Gasteiger partial charge in [-0.05, 0) is 30.3 Å². The first-order chi connectivity index (χ1) is 11.9. The quantitative estimate of drug-likeness (QED) is 0.677. The Hall–Kier alpha value is -2.38. The van der Waals surface area contributed by atoms with Crippen molar-refractivity contribution in [3.05, 3.63) is 47.8 Å². The molecule has 0 aliphatic rings. The maximum Gasteiger partial charge on any atom is 0.175 e. The molecule has 0 amide bonds. The number of hydrogen-bond acceptors (Lipinski definition) is 6. The van der Waals surface area contributed by atoms with Gasteiger partial charge in [0, 0.05) is 22.8 Å². The van der Waals surface area contributed by atoms with Crippen molar-refractivity contribution in [3.8, 4) is 33.3 Å². The summed E-state index contributed by atoms with van der Waals surface area (Å²) in [5.41, 5.74) is 2.60. The minimum absolute atomic E-state index is 0.298. The lowest BCUT2D eigenvalue weighted by molar-refractivity contribution is 0.355. The molecule has 0 radical (unpaired) electrons. The third-order valence-corrected chi connectivity index (χ3v) is 5.73. The number of aromatic nitrogens is 1. The Balaban J connectivity index is 1.92. The van der Waals surface area contributed by atoms with Crippen molar-refractivity contribution in [3.63, 3.8) is 0 Å². The standard InChI is InChI=1S/C18H17NO4S2/c1-22-16-9-6-13(10-17(16)23-2)18-19-15(11-24-18)12-4-7-14(8-5-12)25(3,20)21/h4-11H,1-3H3. The molecular weight excluding hydrogens is 358 g/mol. The summed E-state index contributed by atoms with van der Waals surface area (Å²) < 4.78 is 33.7. The van der Waals surface area contributed by atoms with Gasteiger partial charge in [0.1, 0.15) is 5.01 Å². The van der Waals surface area contributed by atoms with Gasteiger partial charge in [0.05, 0.1) is 24.8 Å². The second kappa shape index (κ2) is 6.85. The van der Waals surface area contributed by atoms with Crippen LogP contribution in [0.4, 0.5) is 0 Å². The van der Waals surface area contributed by atoms with Crippen LogP contribution in [0, 0.1) is 0 Å². The molecule has 2 aromatic carbocycles. The van der Waals surface area contributed by atoms with Crippen molar-refractivity contribution in [2.45, 2.75) is 4.90 Å². The number of thiazole rings is 1. The largest absolute Gasteiger partial charge is 0.493 e. The van der Waals surface area contributed by atoms with Gasteiger partial charge in [0.15, 0.2) is 21.3 Å². The fourth-order valence-electron chi connectivity index (χ4n) is 2.38. The number of sulfone groups is 1. The van der Waals surface area contributed by atoms with Crippen LogP contribution in [-0.4, -0.2) is 33.9 Å². The Kier molecular flexibility index (Phi) is 4.78. The first-order valence-corrected chi connectivity index (χ1v) is 10.2. The van der Waals surface area contributed by atoms with Crippen molar-refractivity contribution >= 4 is 21.2 Å². The Morgan fingerprint density at radius 3 is 2.16 bits per heavy atom. The predicted octanol–water partition coefficient (Wildman–Crippen LogP) is 3.90. The van der Waals surface area contributed by atoms with E-state index in [2.05, 4.69) is 4.98 Å². The van der Waals surface area contributed by atoms with E-state index >= 15 is 0 Å². The molecule has 0 atom stereocenters. The minimum atomic E-state index is -3.20. The van der Waals surface area contributed by atoms with Crippen LogP contribution in [0.25, 0.3) is 21.8 Å². The Labute approximate surface area is 150 Å². The number of methoxy groups -OCH3 is 2. The molecule has 130 valence electrons. The monoisotopic (exact) mass is 375 g/mol. The van der Waals surface area contributed by atoms with Crippen molar-refractivity contribution in [1.82, 2.24) is 4.98 Å². The second-order valence-corrected chi connectivity index (χ2v) is 8.28. The van der Waals surface area contributed by atoms with E-state index < -0.39 is 9.84 Å². The highest BCUT2D eigenvalue weighted by molar-refractivity contribution is 7.90. The van der Waals surface area contributed by atoms with Gasteiger partial charge in [0.25, 0.3) is 0 Å². The summed E-state index contributed by atoms with van der Waals surface area (Å²) in [5, 5.41) is 2.80. The number of nitrogens with zero attached hydrogens (tertiary/aromatic N) is 1. The van der Waals surface area contributed by atoms with Crippen LogP contribution in [0.5, 0.6) is 11.5 Å². The van der Waals surface area contributed by atoms with E-state index in [0.717, 1.165) is 21.8 Å². The summed E-state index contributed by atoms with van der Waals surface area (Å²) in [4.78, 5) is 4.94. The van der Waals surface area contributed by atoms with E-state index in [0.29, 0.717) is 16.4 Å². The molecule has 0 fully saturated rings. The lowest BCUT2D eigenvalue weighted by Crippen LogP contribution is -1.96. The average Bonchev–Trinajstić information content (AvgIpc) is 3.10. The molecule has 1 aromatic heterocycles. The molecule has 0 aliphatic heterocycles. The minimum Gasteiger partial charge on any atom is -0.493 e. The third-order valence-electron chi connectivity index (χ3n) is 3.71. The molecular formula is C18H17NO4S2. The van der Waals surface area contributed by atoms with Crippen LogP contribution in [0.2, 0.25) is 0 Å². The van der Waals surface area contributed by atoms with Crippen LogP contribution in [-0.2, 0) is 9.84 Å². The first kappa shape index (κ1) is 17.4. The normalized spacial score (nSPS) is 11.3. The smallest absolute Gasteiger partial charge is 0.175 e. The molecule has 25 heavy (non-hydrogen) atoms. The molecule has 0 aliphatic carbocycles. The number of rotatable bonds is 5. The second-order valence-electron chi connectivity index (χ2n) is 5.40. The summed E-state index contributed by atoms with van der Waals surface area (Å²) in [5.74, 6) is 1.31. The molecule has 5 nitrogen and oxygen atoms in total. The first-order valence-electron chi connectivity index (χ1n) is 7.41. The molecule has 3 aromatic rings. The fourth-order valence-corrected chi connectivity index (χ4v) is 3.84. The molecule has 0 unspecified atom stereocenters. The molecule has 3 rings (SSSR count). The van der Waals surface area contributed by atoms with Gasteiger partial charge in [-0.1, -0.05) is 12.1 Å². The molecule has 0 bridgehead atoms. The summed E-state index contributed by atoms with van der Waals surface area (Å²) in [6.07, 6.45) is 1.19. The number of benzene rings is 2. The van der Waals surface area contributed by atoms with Crippen LogP contribution < -0.4 is 9.47 Å². The SMILES string of the molecule is COc1ccc(-c2nc(-c3ccc(S(C)(=O)=O)cc3)cs2)cc1OC. The molecule has 0 spiro atoms. The van der Waals surface area contributed by atoms with Crippen molar-refractivity contribution in [2.24, 2.45) is 0 Å². The molecule has 0 saturated carbocycles. The van der Waals surface area contributed by atoms with Gasteiger partial charge in [-0.2, -0.15) is 0 Å². The molecule has 0 saturated heterocycles. The lowest BCUT2D eigenvalue weighted by Gasteiger charge is -2.08. The van der Waals surface area contributed by atoms with Gasteiger partial charge in [-0.25, -0.2) is 13.4 Å². The van der Waals surface area contributed by atoms with E-state index in [-0.39, 0.29) is 0 Å². The van der Waals surface area contributed by atoms with Crippen LogP contribution >= 0.6 is 11.3 Å². The fraction of sp³-hybridized carbons (Fsp3) is 0.167. The molecule has 7 heteroatoms. The van der Waals surface area contributed by atoms with Gasteiger partial charge in [-0.15, -0.1) is 11.3 Å². The summed E-state index contributed by atoms with van der Waals surface area (Å²) >= 11 is 1.51. The van der Waals surface area contributed by atoms with Gasteiger partial charge in [-0.3, -0.25) is 0 Å². The van der Waals surface area contributed by atoms with Gasteiger partial charge < -0.3 is 9.47 Å².